The lowest BCUT2D eigenvalue weighted by Crippen LogP contribution is -2.24. The van der Waals surface area contributed by atoms with E-state index in [-0.39, 0.29) is 11.2 Å². The topological polar surface area (TPSA) is 64.1 Å². The fourth-order valence-electron chi connectivity index (χ4n) is 1.93. The number of aryl methyl sites for hydroxylation is 1. The molecule has 1 heterocycles. The van der Waals surface area contributed by atoms with Gasteiger partial charge >= 0.3 is 0 Å². The summed E-state index contributed by atoms with van der Waals surface area (Å²) in [5, 5.41) is 3.87. The number of hydrogen-bond acceptors (Lipinski definition) is 5. The summed E-state index contributed by atoms with van der Waals surface area (Å²) in [6.45, 7) is 3.86. The van der Waals surface area contributed by atoms with Gasteiger partial charge in [0.15, 0.2) is 0 Å². The minimum absolute atomic E-state index is 0.0880. The Labute approximate surface area is 144 Å². The average molecular weight is 352 g/mol. The second-order valence-corrected chi connectivity index (χ2v) is 6.48. The molecule has 0 aliphatic heterocycles. The van der Waals surface area contributed by atoms with Crippen molar-refractivity contribution in [3.05, 3.63) is 41.3 Å². The number of nitrogens with zero attached hydrogens (tertiary/aromatic N) is 2. The minimum atomic E-state index is -0.245. The van der Waals surface area contributed by atoms with Crippen molar-refractivity contribution in [3.63, 3.8) is 0 Å². The molecule has 0 saturated carbocycles. The predicted octanol–water partition coefficient (Wildman–Crippen LogP) is 3.96. The summed E-state index contributed by atoms with van der Waals surface area (Å²) < 4.78 is 5.10. The van der Waals surface area contributed by atoms with E-state index in [1.807, 2.05) is 19.9 Å². The van der Waals surface area contributed by atoms with E-state index in [9.17, 15) is 4.79 Å². The molecule has 2 rings (SSSR count). The van der Waals surface area contributed by atoms with Gasteiger partial charge in [0.25, 0.3) is 0 Å². The van der Waals surface area contributed by atoms with Crippen molar-refractivity contribution in [3.8, 4) is 5.75 Å². The third kappa shape index (κ3) is 4.84. The van der Waals surface area contributed by atoms with Gasteiger partial charge in [-0.3, -0.25) is 4.79 Å². The number of methoxy groups -OCH3 is 1. The van der Waals surface area contributed by atoms with Gasteiger partial charge in [-0.15, -0.1) is 0 Å². The van der Waals surface area contributed by atoms with Crippen molar-refractivity contribution in [1.29, 1.82) is 0 Å². The number of carbonyl (C=O) groups is 1. The molecule has 0 unspecified atom stereocenters. The zero-order valence-electron chi connectivity index (χ0n) is 13.2. The van der Waals surface area contributed by atoms with Crippen LogP contribution in [-0.4, -0.2) is 28.2 Å². The van der Waals surface area contributed by atoms with Crippen LogP contribution in [0.3, 0.4) is 0 Å². The zero-order valence-corrected chi connectivity index (χ0v) is 14.7. The van der Waals surface area contributed by atoms with E-state index in [0.29, 0.717) is 22.9 Å². The lowest BCUT2D eigenvalue weighted by Gasteiger charge is -2.15. The molecule has 7 heteroatoms. The fraction of sp³-hybridized carbons (Fsp3) is 0.312. The van der Waals surface area contributed by atoms with Crippen molar-refractivity contribution < 1.29 is 9.53 Å². The Hall–Kier alpha value is -1.79. The van der Waals surface area contributed by atoms with E-state index < -0.39 is 0 Å². The number of amides is 1. The highest BCUT2D eigenvalue weighted by Crippen LogP contribution is 2.29. The minimum Gasteiger partial charge on any atom is -0.495 e. The third-order valence-electron chi connectivity index (χ3n) is 3.12. The maximum absolute atomic E-state index is 12.4. The van der Waals surface area contributed by atoms with Crippen LogP contribution in [0.25, 0.3) is 0 Å². The highest BCUT2D eigenvalue weighted by Gasteiger charge is 2.19. The van der Waals surface area contributed by atoms with Gasteiger partial charge in [0.1, 0.15) is 17.1 Å². The summed E-state index contributed by atoms with van der Waals surface area (Å²) >= 11 is 7.50. The average Bonchev–Trinajstić information content (AvgIpc) is 2.52. The molecule has 0 spiro atoms. The van der Waals surface area contributed by atoms with Gasteiger partial charge in [0, 0.05) is 11.4 Å². The number of nitrogens with one attached hydrogen (secondary N) is 1. The Kier molecular flexibility index (Phi) is 6.24. The molecule has 5 nitrogen and oxygen atoms in total. The molecule has 1 aromatic heterocycles. The number of aromatic nitrogens is 2. The maximum atomic E-state index is 12.4. The highest BCUT2D eigenvalue weighted by atomic mass is 35.5. The van der Waals surface area contributed by atoms with Crippen LogP contribution in [0, 0.1) is 6.92 Å². The summed E-state index contributed by atoms with van der Waals surface area (Å²) in [6, 6.07) is 7.02. The molecule has 1 N–H and O–H groups in total. The Morgan fingerprint density at radius 2 is 2.17 bits per heavy atom. The number of hydrogen-bond donors (Lipinski definition) is 1. The monoisotopic (exact) mass is 351 g/mol. The van der Waals surface area contributed by atoms with Gasteiger partial charge in [-0.1, -0.05) is 30.3 Å². The van der Waals surface area contributed by atoms with E-state index in [4.69, 9.17) is 16.3 Å². The van der Waals surface area contributed by atoms with Gasteiger partial charge in [-0.05, 0) is 37.6 Å². The van der Waals surface area contributed by atoms with Crippen LogP contribution in [0.4, 0.5) is 5.69 Å². The quantitative estimate of drug-likeness (QED) is 0.630. The first-order chi connectivity index (χ1) is 11.0. The van der Waals surface area contributed by atoms with E-state index in [1.165, 1.54) is 18.1 Å². The molecular formula is C16H18ClN3O2S. The van der Waals surface area contributed by atoms with Gasteiger partial charge in [0.2, 0.25) is 5.91 Å². The summed E-state index contributed by atoms with van der Waals surface area (Å²) in [5.41, 5.74) is 1.51. The smallest absolute Gasteiger partial charge is 0.237 e. The molecular weight excluding hydrogens is 334 g/mol. The second kappa shape index (κ2) is 8.17. The Balaban J connectivity index is 2.06. The van der Waals surface area contributed by atoms with Crippen LogP contribution in [0.2, 0.25) is 5.02 Å². The number of benzene rings is 1. The number of carbonyl (C=O) groups excluding carboxylic acids is 1. The number of rotatable bonds is 6. The molecule has 0 bridgehead atoms. The summed E-state index contributed by atoms with van der Waals surface area (Å²) in [7, 11) is 1.55. The summed E-state index contributed by atoms with van der Waals surface area (Å²) in [6.07, 6.45) is 2.19. The zero-order chi connectivity index (χ0) is 16.8. The molecule has 23 heavy (non-hydrogen) atoms. The van der Waals surface area contributed by atoms with Gasteiger partial charge in [0.05, 0.1) is 17.4 Å². The van der Waals surface area contributed by atoms with Crippen molar-refractivity contribution in [1.82, 2.24) is 9.97 Å². The number of thioether (sulfide) groups is 1. The summed E-state index contributed by atoms with van der Waals surface area (Å²) in [5.74, 6) is 0.484. The van der Waals surface area contributed by atoms with E-state index >= 15 is 0 Å². The first-order valence-electron chi connectivity index (χ1n) is 7.13. The molecule has 2 aromatic rings. The van der Waals surface area contributed by atoms with Crippen molar-refractivity contribution >= 4 is 35.0 Å². The summed E-state index contributed by atoms with van der Waals surface area (Å²) in [4.78, 5) is 20.7. The SMILES string of the molecule is CC[C@@H](Sc1cc(C)ncn1)C(=O)Nc1ccc(OC)c(Cl)c1. The molecule has 0 aliphatic carbocycles. The van der Waals surface area contributed by atoms with Crippen LogP contribution < -0.4 is 10.1 Å². The Morgan fingerprint density at radius 1 is 1.39 bits per heavy atom. The highest BCUT2D eigenvalue weighted by molar-refractivity contribution is 8.00. The lowest BCUT2D eigenvalue weighted by atomic mass is 10.2. The van der Waals surface area contributed by atoms with Crippen molar-refractivity contribution in [2.75, 3.05) is 12.4 Å². The number of ether oxygens (including phenoxy) is 1. The molecule has 1 amide bonds. The van der Waals surface area contributed by atoms with Crippen LogP contribution >= 0.6 is 23.4 Å². The van der Waals surface area contributed by atoms with Crippen molar-refractivity contribution in [2.45, 2.75) is 30.5 Å². The van der Waals surface area contributed by atoms with E-state index in [0.717, 1.165) is 10.7 Å². The largest absolute Gasteiger partial charge is 0.495 e. The molecule has 0 saturated heterocycles. The van der Waals surface area contributed by atoms with Gasteiger partial charge < -0.3 is 10.1 Å². The molecule has 0 fully saturated rings. The third-order valence-corrected chi connectivity index (χ3v) is 4.72. The molecule has 1 aromatic carbocycles. The van der Waals surface area contributed by atoms with Crippen LogP contribution in [0.5, 0.6) is 5.75 Å². The molecule has 1 atom stereocenters. The predicted molar refractivity (Wildman–Crippen MR) is 93.3 cm³/mol. The molecule has 122 valence electrons. The van der Waals surface area contributed by atoms with Crippen molar-refractivity contribution in [2.24, 2.45) is 0 Å². The first kappa shape index (κ1) is 17.6. The Morgan fingerprint density at radius 3 is 2.78 bits per heavy atom. The lowest BCUT2D eigenvalue weighted by molar-refractivity contribution is -0.115. The van der Waals surface area contributed by atoms with E-state index in [2.05, 4.69) is 15.3 Å². The Bertz CT molecular complexity index is 697. The van der Waals surface area contributed by atoms with Gasteiger partial charge in [-0.25, -0.2) is 9.97 Å². The first-order valence-corrected chi connectivity index (χ1v) is 8.39. The van der Waals surface area contributed by atoms with Crippen LogP contribution in [0.1, 0.15) is 19.0 Å². The maximum Gasteiger partial charge on any atom is 0.237 e. The van der Waals surface area contributed by atoms with Crippen LogP contribution in [-0.2, 0) is 4.79 Å². The molecule has 0 aliphatic rings. The molecule has 0 radical (unpaired) electrons. The number of anilines is 1. The number of halogens is 1. The van der Waals surface area contributed by atoms with E-state index in [1.54, 1.807) is 25.3 Å². The van der Waals surface area contributed by atoms with Crippen LogP contribution in [0.15, 0.2) is 35.6 Å². The van der Waals surface area contributed by atoms with Gasteiger partial charge in [-0.2, -0.15) is 0 Å². The second-order valence-electron chi connectivity index (χ2n) is 4.85. The fourth-order valence-corrected chi connectivity index (χ4v) is 3.16. The normalized spacial score (nSPS) is 11.8. The standard InChI is InChI=1S/C16H18ClN3O2S/c1-4-14(23-15-7-10(2)18-9-19-15)16(21)20-11-5-6-13(22-3)12(17)8-11/h5-9,14H,4H2,1-3H3,(H,20,21)/t14-/m1/s1.